The summed E-state index contributed by atoms with van der Waals surface area (Å²) >= 11 is 0. The standard InChI is InChI=1S/C18H21N3O3/c1-18(2,15-7-5-6-8-16(15)21(23)24)17(22)19-13-9-11-14(12-10-13)20(3)4/h5-12H,1-4H3,(H,19,22). The van der Waals surface area contributed by atoms with Crippen molar-refractivity contribution in [3.8, 4) is 0 Å². The first-order valence-electron chi connectivity index (χ1n) is 7.56. The first-order valence-corrected chi connectivity index (χ1v) is 7.56. The summed E-state index contributed by atoms with van der Waals surface area (Å²) < 4.78 is 0. The van der Waals surface area contributed by atoms with Gasteiger partial charge in [-0.1, -0.05) is 18.2 Å². The maximum Gasteiger partial charge on any atom is 0.273 e. The van der Waals surface area contributed by atoms with E-state index < -0.39 is 10.3 Å². The van der Waals surface area contributed by atoms with E-state index in [0.29, 0.717) is 11.3 Å². The third kappa shape index (κ3) is 3.53. The van der Waals surface area contributed by atoms with Gasteiger partial charge in [0.25, 0.3) is 5.69 Å². The maximum atomic E-state index is 12.7. The molecular weight excluding hydrogens is 306 g/mol. The predicted octanol–water partition coefficient (Wildman–Crippen LogP) is 3.58. The highest BCUT2D eigenvalue weighted by molar-refractivity contribution is 5.99. The molecule has 6 nitrogen and oxygen atoms in total. The van der Waals surface area contributed by atoms with Crippen molar-refractivity contribution in [1.82, 2.24) is 0 Å². The molecular formula is C18H21N3O3. The van der Waals surface area contributed by atoms with E-state index in [9.17, 15) is 14.9 Å². The monoisotopic (exact) mass is 327 g/mol. The van der Waals surface area contributed by atoms with Crippen LogP contribution >= 0.6 is 0 Å². The van der Waals surface area contributed by atoms with Crippen molar-refractivity contribution in [2.24, 2.45) is 0 Å². The third-order valence-electron chi connectivity index (χ3n) is 3.98. The van der Waals surface area contributed by atoms with E-state index in [4.69, 9.17) is 0 Å². The average Bonchev–Trinajstić information content (AvgIpc) is 2.55. The number of nitro benzene ring substituents is 1. The number of nitrogens with zero attached hydrogens (tertiary/aromatic N) is 2. The molecule has 126 valence electrons. The van der Waals surface area contributed by atoms with E-state index in [1.165, 1.54) is 6.07 Å². The molecule has 0 saturated carbocycles. The van der Waals surface area contributed by atoms with Gasteiger partial charge in [0.05, 0.1) is 10.3 Å². The van der Waals surface area contributed by atoms with E-state index in [2.05, 4.69) is 5.32 Å². The molecule has 0 aliphatic heterocycles. The van der Waals surface area contributed by atoms with Gasteiger partial charge in [-0.15, -0.1) is 0 Å². The van der Waals surface area contributed by atoms with E-state index in [1.807, 2.05) is 43.3 Å². The average molecular weight is 327 g/mol. The summed E-state index contributed by atoms with van der Waals surface area (Å²) in [6, 6.07) is 13.7. The SMILES string of the molecule is CN(C)c1ccc(NC(=O)C(C)(C)c2ccccc2[N+](=O)[O-])cc1. The molecule has 1 N–H and O–H groups in total. The Morgan fingerprint density at radius 1 is 1.08 bits per heavy atom. The number of amides is 1. The molecule has 0 heterocycles. The summed E-state index contributed by atoms with van der Waals surface area (Å²) in [4.78, 5) is 25.4. The Morgan fingerprint density at radius 2 is 1.67 bits per heavy atom. The topological polar surface area (TPSA) is 75.5 Å². The maximum absolute atomic E-state index is 12.7. The lowest BCUT2D eigenvalue weighted by molar-refractivity contribution is -0.385. The van der Waals surface area contributed by atoms with E-state index in [-0.39, 0.29) is 11.6 Å². The van der Waals surface area contributed by atoms with Crippen LogP contribution in [-0.4, -0.2) is 24.9 Å². The van der Waals surface area contributed by atoms with Gasteiger partial charge in [0, 0.05) is 37.1 Å². The molecule has 0 saturated heterocycles. The molecule has 0 spiro atoms. The van der Waals surface area contributed by atoms with Gasteiger partial charge >= 0.3 is 0 Å². The van der Waals surface area contributed by atoms with Crippen molar-refractivity contribution in [1.29, 1.82) is 0 Å². The Bertz CT molecular complexity index is 752. The third-order valence-corrected chi connectivity index (χ3v) is 3.98. The lowest BCUT2D eigenvalue weighted by Crippen LogP contribution is -2.35. The molecule has 1 amide bonds. The Kier molecular flexibility index (Phi) is 4.87. The second-order valence-corrected chi connectivity index (χ2v) is 6.29. The Balaban J connectivity index is 2.26. The van der Waals surface area contributed by atoms with Crippen LogP contribution in [0.5, 0.6) is 0 Å². The number of rotatable bonds is 5. The summed E-state index contributed by atoms with van der Waals surface area (Å²) in [5, 5.41) is 14.1. The zero-order chi connectivity index (χ0) is 17.9. The second-order valence-electron chi connectivity index (χ2n) is 6.29. The van der Waals surface area contributed by atoms with Gasteiger partial charge in [0.15, 0.2) is 0 Å². The van der Waals surface area contributed by atoms with Crippen LogP contribution in [0.2, 0.25) is 0 Å². The first kappa shape index (κ1) is 17.5. The number of hydrogen-bond donors (Lipinski definition) is 1. The second kappa shape index (κ2) is 6.70. The fraction of sp³-hybridized carbons (Fsp3) is 0.278. The number of nitrogens with one attached hydrogen (secondary N) is 1. The van der Waals surface area contributed by atoms with Crippen molar-refractivity contribution >= 4 is 23.0 Å². The largest absolute Gasteiger partial charge is 0.378 e. The quantitative estimate of drug-likeness (QED) is 0.673. The van der Waals surface area contributed by atoms with Gasteiger partial charge in [-0.2, -0.15) is 0 Å². The summed E-state index contributed by atoms with van der Waals surface area (Å²) in [6.07, 6.45) is 0. The highest BCUT2D eigenvalue weighted by atomic mass is 16.6. The van der Waals surface area contributed by atoms with Crippen LogP contribution in [-0.2, 0) is 10.2 Å². The molecule has 0 atom stereocenters. The smallest absolute Gasteiger partial charge is 0.273 e. The molecule has 0 bridgehead atoms. The lowest BCUT2D eigenvalue weighted by Gasteiger charge is -2.24. The van der Waals surface area contributed by atoms with Crippen molar-refractivity contribution < 1.29 is 9.72 Å². The zero-order valence-electron chi connectivity index (χ0n) is 14.2. The van der Waals surface area contributed by atoms with Crippen LogP contribution in [0.1, 0.15) is 19.4 Å². The molecule has 0 aliphatic carbocycles. The van der Waals surface area contributed by atoms with Gasteiger partial charge in [-0.05, 0) is 38.1 Å². The minimum atomic E-state index is -1.04. The van der Waals surface area contributed by atoms with Crippen LogP contribution in [0.3, 0.4) is 0 Å². The summed E-state index contributed by atoms with van der Waals surface area (Å²) in [6.45, 7) is 3.36. The van der Waals surface area contributed by atoms with Gasteiger partial charge in [-0.25, -0.2) is 0 Å². The normalized spacial score (nSPS) is 11.0. The minimum Gasteiger partial charge on any atom is -0.378 e. The zero-order valence-corrected chi connectivity index (χ0v) is 14.2. The van der Waals surface area contributed by atoms with Crippen LogP contribution in [0.25, 0.3) is 0 Å². The predicted molar refractivity (Wildman–Crippen MR) is 95.5 cm³/mol. The molecule has 0 fully saturated rings. The summed E-state index contributed by atoms with van der Waals surface area (Å²) in [7, 11) is 3.87. The number of anilines is 2. The highest BCUT2D eigenvalue weighted by Gasteiger charge is 2.35. The lowest BCUT2D eigenvalue weighted by atomic mass is 9.82. The van der Waals surface area contributed by atoms with E-state index in [1.54, 1.807) is 32.0 Å². The molecule has 2 aromatic carbocycles. The Labute approximate surface area is 141 Å². The van der Waals surface area contributed by atoms with E-state index in [0.717, 1.165) is 5.69 Å². The van der Waals surface area contributed by atoms with E-state index >= 15 is 0 Å². The molecule has 0 aromatic heterocycles. The van der Waals surface area contributed by atoms with Crippen molar-refractivity contribution in [3.63, 3.8) is 0 Å². The first-order chi connectivity index (χ1) is 11.2. The Hall–Kier alpha value is -2.89. The fourth-order valence-electron chi connectivity index (χ4n) is 2.41. The van der Waals surface area contributed by atoms with Crippen molar-refractivity contribution in [3.05, 3.63) is 64.2 Å². The van der Waals surface area contributed by atoms with Gasteiger partial charge in [0.1, 0.15) is 0 Å². The molecule has 6 heteroatoms. The number of hydrogen-bond acceptors (Lipinski definition) is 4. The number of carbonyl (C=O) groups excluding carboxylic acids is 1. The van der Waals surface area contributed by atoms with Crippen LogP contribution < -0.4 is 10.2 Å². The van der Waals surface area contributed by atoms with Crippen molar-refractivity contribution in [2.75, 3.05) is 24.3 Å². The van der Waals surface area contributed by atoms with Gasteiger partial charge in [0.2, 0.25) is 5.91 Å². The minimum absolute atomic E-state index is 0.0550. The van der Waals surface area contributed by atoms with Crippen LogP contribution in [0, 0.1) is 10.1 Å². The number of benzene rings is 2. The van der Waals surface area contributed by atoms with Gasteiger partial charge in [-0.3, -0.25) is 14.9 Å². The number of carbonyl (C=O) groups is 1. The van der Waals surface area contributed by atoms with Gasteiger partial charge < -0.3 is 10.2 Å². The van der Waals surface area contributed by atoms with Crippen molar-refractivity contribution in [2.45, 2.75) is 19.3 Å². The molecule has 2 rings (SSSR count). The summed E-state index contributed by atoms with van der Waals surface area (Å²) in [5.74, 6) is -0.297. The number of nitro groups is 1. The Morgan fingerprint density at radius 3 is 2.21 bits per heavy atom. The summed E-state index contributed by atoms with van der Waals surface area (Å²) in [5.41, 5.74) is 0.963. The molecule has 2 aromatic rings. The van der Waals surface area contributed by atoms with Crippen LogP contribution in [0.15, 0.2) is 48.5 Å². The number of para-hydroxylation sites is 1. The molecule has 0 unspecified atom stereocenters. The van der Waals surface area contributed by atoms with Crippen LogP contribution in [0.4, 0.5) is 17.1 Å². The molecule has 24 heavy (non-hydrogen) atoms. The fourth-order valence-corrected chi connectivity index (χ4v) is 2.41. The highest BCUT2D eigenvalue weighted by Crippen LogP contribution is 2.32. The molecule has 0 aliphatic rings. The molecule has 0 radical (unpaired) electrons.